The molecule has 2 N–H and O–H groups in total. The van der Waals surface area contributed by atoms with Crippen LogP contribution in [0.2, 0.25) is 5.02 Å². The number of fused-ring (bicyclic) bond motifs is 1. The molecule has 0 saturated carbocycles. The van der Waals surface area contributed by atoms with Crippen molar-refractivity contribution in [1.82, 2.24) is 20.1 Å². The van der Waals surface area contributed by atoms with Gasteiger partial charge in [-0.05, 0) is 30.7 Å². The zero-order valence-electron chi connectivity index (χ0n) is 10.8. The number of amides is 2. The lowest BCUT2D eigenvalue weighted by atomic mass is 10.3. The largest absolute Gasteiger partial charge is 0.331 e. The Morgan fingerprint density at radius 1 is 1.30 bits per heavy atom. The fourth-order valence-electron chi connectivity index (χ4n) is 2.21. The molecule has 3 rings (SSSR count). The van der Waals surface area contributed by atoms with Crippen LogP contribution in [0.25, 0.3) is 0 Å². The van der Waals surface area contributed by atoms with E-state index in [1.54, 1.807) is 24.3 Å². The molecule has 1 aliphatic heterocycles. The van der Waals surface area contributed by atoms with Crippen molar-refractivity contribution in [3.05, 3.63) is 40.9 Å². The Labute approximate surface area is 121 Å². The molecule has 0 bridgehead atoms. The van der Waals surface area contributed by atoms with Crippen molar-refractivity contribution in [3.8, 4) is 0 Å². The molecule has 0 unspecified atom stereocenters. The SMILES string of the molecule is O=C(NCc1nnc2n1CCC2)Nc1ccc(Cl)cc1. The summed E-state index contributed by atoms with van der Waals surface area (Å²) in [6.45, 7) is 1.30. The summed E-state index contributed by atoms with van der Waals surface area (Å²) >= 11 is 5.78. The molecule has 1 aromatic carbocycles. The van der Waals surface area contributed by atoms with E-state index in [1.807, 2.05) is 0 Å². The van der Waals surface area contributed by atoms with Gasteiger partial charge in [-0.1, -0.05) is 11.6 Å². The Morgan fingerprint density at radius 2 is 2.10 bits per heavy atom. The van der Waals surface area contributed by atoms with Gasteiger partial charge < -0.3 is 15.2 Å². The van der Waals surface area contributed by atoms with E-state index in [2.05, 4.69) is 25.4 Å². The third kappa shape index (κ3) is 2.75. The summed E-state index contributed by atoms with van der Waals surface area (Å²) in [5.41, 5.74) is 0.693. The number of urea groups is 1. The van der Waals surface area contributed by atoms with Gasteiger partial charge in [0.15, 0.2) is 5.82 Å². The smallest absolute Gasteiger partial charge is 0.319 e. The Kier molecular flexibility index (Phi) is 3.56. The first-order valence-corrected chi connectivity index (χ1v) is 6.81. The highest BCUT2D eigenvalue weighted by molar-refractivity contribution is 6.30. The van der Waals surface area contributed by atoms with Crippen LogP contribution in [0, 0.1) is 0 Å². The molecule has 20 heavy (non-hydrogen) atoms. The number of carbonyl (C=O) groups is 1. The second kappa shape index (κ2) is 5.50. The summed E-state index contributed by atoms with van der Waals surface area (Å²) in [4.78, 5) is 11.8. The summed E-state index contributed by atoms with van der Waals surface area (Å²) in [5.74, 6) is 1.80. The van der Waals surface area contributed by atoms with Crippen LogP contribution in [-0.2, 0) is 19.5 Å². The first kappa shape index (κ1) is 12.9. The Morgan fingerprint density at radius 3 is 2.90 bits per heavy atom. The van der Waals surface area contributed by atoms with Gasteiger partial charge in [0.25, 0.3) is 0 Å². The predicted molar refractivity (Wildman–Crippen MR) is 75.7 cm³/mol. The van der Waals surface area contributed by atoms with Gasteiger partial charge in [-0.2, -0.15) is 0 Å². The van der Waals surface area contributed by atoms with Crippen LogP contribution in [0.5, 0.6) is 0 Å². The van der Waals surface area contributed by atoms with Gasteiger partial charge >= 0.3 is 6.03 Å². The molecule has 2 amide bonds. The Hall–Kier alpha value is -2.08. The number of benzene rings is 1. The average molecular weight is 292 g/mol. The summed E-state index contributed by atoms with van der Waals surface area (Å²) in [6.07, 6.45) is 2.05. The fourth-order valence-corrected chi connectivity index (χ4v) is 2.34. The molecule has 2 aromatic rings. The molecule has 104 valence electrons. The van der Waals surface area contributed by atoms with E-state index in [-0.39, 0.29) is 6.03 Å². The first-order valence-electron chi connectivity index (χ1n) is 6.44. The second-order valence-corrected chi connectivity index (χ2v) is 5.04. The van der Waals surface area contributed by atoms with Crippen LogP contribution >= 0.6 is 11.6 Å². The Balaban J connectivity index is 1.55. The van der Waals surface area contributed by atoms with E-state index in [9.17, 15) is 4.79 Å². The van der Waals surface area contributed by atoms with E-state index in [1.165, 1.54) is 0 Å². The lowest BCUT2D eigenvalue weighted by molar-refractivity contribution is 0.251. The zero-order chi connectivity index (χ0) is 13.9. The predicted octanol–water partition coefficient (Wildman–Crippen LogP) is 2.20. The van der Waals surface area contributed by atoms with Crippen molar-refractivity contribution in [3.63, 3.8) is 0 Å². The number of nitrogens with zero attached hydrogens (tertiary/aromatic N) is 3. The molecule has 6 nitrogen and oxygen atoms in total. The molecule has 0 saturated heterocycles. The van der Waals surface area contributed by atoms with Crippen molar-refractivity contribution in [2.24, 2.45) is 0 Å². The van der Waals surface area contributed by atoms with Crippen LogP contribution in [0.3, 0.4) is 0 Å². The van der Waals surface area contributed by atoms with Gasteiger partial charge in [0.2, 0.25) is 0 Å². The summed E-state index contributed by atoms with van der Waals surface area (Å²) in [7, 11) is 0. The van der Waals surface area contributed by atoms with Gasteiger partial charge in [-0.15, -0.1) is 10.2 Å². The minimum atomic E-state index is -0.275. The third-order valence-corrected chi connectivity index (χ3v) is 3.45. The summed E-state index contributed by atoms with van der Waals surface area (Å²) < 4.78 is 2.06. The van der Waals surface area contributed by atoms with Gasteiger partial charge in [0, 0.05) is 23.7 Å². The number of aromatic nitrogens is 3. The zero-order valence-corrected chi connectivity index (χ0v) is 11.5. The third-order valence-electron chi connectivity index (χ3n) is 3.20. The molecule has 0 aliphatic carbocycles. The molecule has 1 aliphatic rings. The topological polar surface area (TPSA) is 71.8 Å². The minimum absolute atomic E-state index is 0.275. The lowest BCUT2D eigenvalue weighted by Crippen LogP contribution is -2.29. The number of rotatable bonds is 3. The van der Waals surface area contributed by atoms with Gasteiger partial charge in [0.1, 0.15) is 5.82 Å². The molecular formula is C13H14ClN5O. The van der Waals surface area contributed by atoms with Gasteiger partial charge in [-0.3, -0.25) is 0 Å². The molecule has 0 spiro atoms. The number of hydrogen-bond acceptors (Lipinski definition) is 3. The Bertz CT molecular complexity index is 622. The highest BCUT2D eigenvalue weighted by atomic mass is 35.5. The summed E-state index contributed by atoms with van der Waals surface area (Å²) in [6, 6.07) is 6.67. The van der Waals surface area contributed by atoms with Crippen LogP contribution in [0.15, 0.2) is 24.3 Å². The van der Waals surface area contributed by atoms with E-state index in [0.717, 1.165) is 31.0 Å². The normalized spacial score (nSPS) is 13.1. The number of halogens is 1. The van der Waals surface area contributed by atoms with Crippen molar-refractivity contribution in [1.29, 1.82) is 0 Å². The van der Waals surface area contributed by atoms with Crippen LogP contribution < -0.4 is 10.6 Å². The molecule has 0 radical (unpaired) electrons. The van der Waals surface area contributed by atoms with Crippen LogP contribution in [0.1, 0.15) is 18.1 Å². The van der Waals surface area contributed by atoms with Crippen LogP contribution in [0.4, 0.5) is 10.5 Å². The number of anilines is 1. The molecular weight excluding hydrogens is 278 g/mol. The highest BCUT2D eigenvalue weighted by Crippen LogP contribution is 2.14. The van der Waals surface area contributed by atoms with Crippen molar-refractivity contribution in [2.45, 2.75) is 25.9 Å². The molecule has 0 atom stereocenters. The van der Waals surface area contributed by atoms with Crippen molar-refractivity contribution >= 4 is 23.3 Å². The van der Waals surface area contributed by atoms with Crippen LogP contribution in [-0.4, -0.2) is 20.8 Å². The molecule has 0 fully saturated rings. The second-order valence-electron chi connectivity index (χ2n) is 4.60. The highest BCUT2D eigenvalue weighted by Gasteiger charge is 2.17. The fraction of sp³-hybridized carbons (Fsp3) is 0.308. The van der Waals surface area contributed by atoms with E-state index in [0.29, 0.717) is 17.3 Å². The monoisotopic (exact) mass is 291 g/mol. The molecule has 1 aromatic heterocycles. The van der Waals surface area contributed by atoms with E-state index >= 15 is 0 Å². The quantitative estimate of drug-likeness (QED) is 0.910. The standard InChI is InChI=1S/C13H14ClN5O/c14-9-3-5-10(6-4-9)16-13(20)15-8-12-18-17-11-2-1-7-19(11)12/h3-6H,1-2,7-8H2,(H2,15,16,20). The maximum Gasteiger partial charge on any atom is 0.319 e. The first-order chi connectivity index (χ1) is 9.72. The maximum atomic E-state index is 11.8. The maximum absolute atomic E-state index is 11.8. The van der Waals surface area contributed by atoms with Crippen molar-refractivity contribution in [2.75, 3.05) is 5.32 Å². The van der Waals surface area contributed by atoms with E-state index in [4.69, 9.17) is 11.6 Å². The molecule has 7 heteroatoms. The number of carbonyl (C=O) groups excluding carboxylic acids is 1. The minimum Gasteiger partial charge on any atom is -0.331 e. The number of aryl methyl sites for hydroxylation is 1. The molecule has 2 heterocycles. The van der Waals surface area contributed by atoms with Gasteiger partial charge in [0.05, 0.1) is 6.54 Å². The van der Waals surface area contributed by atoms with E-state index < -0.39 is 0 Å². The average Bonchev–Trinajstić information content (AvgIpc) is 3.02. The lowest BCUT2D eigenvalue weighted by Gasteiger charge is -2.07. The summed E-state index contributed by atoms with van der Waals surface area (Å²) in [5, 5.41) is 14.3. The van der Waals surface area contributed by atoms with Gasteiger partial charge in [-0.25, -0.2) is 4.79 Å². The number of hydrogen-bond donors (Lipinski definition) is 2. The number of nitrogens with one attached hydrogen (secondary N) is 2. The van der Waals surface area contributed by atoms with Crippen molar-refractivity contribution < 1.29 is 4.79 Å².